The first kappa shape index (κ1) is 14.0. The average molecular weight is 297 g/mol. The van der Waals surface area contributed by atoms with E-state index in [-0.39, 0.29) is 0 Å². The summed E-state index contributed by atoms with van der Waals surface area (Å²) in [6.45, 7) is 4.55. The highest BCUT2D eigenvalue weighted by molar-refractivity contribution is 7.09. The summed E-state index contributed by atoms with van der Waals surface area (Å²) in [6, 6.07) is 12.6. The number of thiophene rings is 1. The lowest BCUT2D eigenvalue weighted by Crippen LogP contribution is -2.24. The molecule has 0 aliphatic rings. The van der Waals surface area contributed by atoms with Crippen LogP contribution >= 0.6 is 11.3 Å². The monoisotopic (exact) mass is 297 g/mol. The number of aromatic nitrogens is 1. The maximum absolute atomic E-state index is 5.94. The second-order valence-corrected chi connectivity index (χ2v) is 5.98. The van der Waals surface area contributed by atoms with E-state index in [2.05, 4.69) is 52.5 Å². The minimum atomic E-state index is 0.508. The van der Waals surface area contributed by atoms with E-state index in [0.717, 1.165) is 24.2 Å². The van der Waals surface area contributed by atoms with Gasteiger partial charge < -0.3 is 10.6 Å². The number of pyridine rings is 1. The van der Waals surface area contributed by atoms with Crippen LogP contribution in [0.3, 0.4) is 0 Å². The first-order valence-corrected chi connectivity index (χ1v) is 8.05. The molecule has 0 saturated carbocycles. The van der Waals surface area contributed by atoms with Crippen molar-refractivity contribution in [3.8, 4) is 0 Å². The van der Waals surface area contributed by atoms with E-state index in [1.807, 2.05) is 12.3 Å². The van der Waals surface area contributed by atoms with Crippen LogP contribution in [0.5, 0.6) is 0 Å². The minimum Gasteiger partial charge on any atom is -0.366 e. The van der Waals surface area contributed by atoms with Crippen LogP contribution in [0.4, 0.5) is 5.69 Å². The highest BCUT2D eigenvalue weighted by atomic mass is 32.1. The summed E-state index contributed by atoms with van der Waals surface area (Å²) >= 11 is 1.79. The molecule has 0 fully saturated rings. The maximum atomic E-state index is 5.94. The first-order valence-electron chi connectivity index (χ1n) is 7.17. The van der Waals surface area contributed by atoms with Crippen molar-refractivity contribution in [1.82, 2.24) is 4.98 Å². The zero-order valence-corrected chi connectivity index (χ0v) is 12.9. The van der Waals surface area contributed by atoms with Gasteiger partial charge in [-0.15, -0.1) is 11.3 Å². The van der Waals surface area contributed by atoms with Crippen molar-refractivity contribution >= 4 is 27.9 Å². The molecule has 0 aliphatic heterocycles. The van der Waals surface area contributed by atoms with Gasteiger partial charge >= 0.3 is 0 Å². The van der Waals surface area contributed by atoms with E-state index < -0.39 is 0 Å². The molecule has 3 nitrogen and oxygen atoms in total. The predicted molar refractivity (Wildman–Crippen MR) is 90.7 cm³/mol. The van der Waals surface area contributed by atoms with Gasteiger partial charge in [-0.05, 0) is 24.4 Å². The Morgan fingerprint density at radius 1 is 1.19 bits per heavy atom. The van der Waals surface area contributed by atoms with Gasteiger partial charge in [0, 0.05) is 35.1 Å². The van der Waals surface area contributed by atoms with Crippen LogP contribution < -0.4 is 10.6 Å². The molecule has 1 aromatic carbocycles. The van der Waals surface area contributed by atoms with Gasteiger partial charge in [-0.1, -0.05) is 24.3 Å². The normalized spacial score (nSPS) is 11.0. The standard InChI is InChI=1S/C17H19N3S/c1-2-20(12-14-6-5-9-21-14)17-13(10-18)11-19-16-8-4-3-7-15(16)17/h3-9,11H,2,10,12,18H2,1H3. The van der Waals surface area contributed by atoms with Crippen LogP contribution in [0.15, 0.2) is 48.0 Å². The molecule has 4 heteroatoms. The van der Waals surface area contributed by atoms with Crippen molar-refractivity contribution in [2.24, 2.45) is 5.73 Å². The lowest BCUT2D eigenvalue weighted by molar-refractivity contribution is 0.834. The summed E-state index contributed by atoms with van der Waals surface area (Å²) < 4.78 is 0. The highest BCUT2D eigenvalue weighted by Gasteiger charge is 2.14. The van der Waals surface area contributed by atoms with Gasteiger partial charge in [0.25, 0.3) is 0 Å². The molecule has 21 heavy (non-hydrogen) atoms. The molecule has 0 amide bonds. The number of anilines is 1. The van der Waals surface area contributed by atoms with Crippen molar-refractivity contribution in [3.05, 3.63) is 58.4 Å². The summed E-state index contributed by atoms with van der Waals surface area (Å²) in [6.07, 6.45) is 1.91. The molecular formula is C17H19N3S. The fourth-order valence-corrected chi connectivity index (χ4v) is 3.35. The van der Waals surface area contributed by atoms with Crippen molar-refractivity contribution in [1.29, 1.82) is 0 Å². The second-order valence-electron chi connectivity index (χ2n) is 4.95. The molecule has 0 aliphatic carbocycles. The van der Waals surface area contributed by atoms with Crippen LogP contribution in [0.2, 0.25) is 0 Å². The summed E-state index contributed by atoms with van der Waals surface area (Å²) in [4.78, 5) is 8.27. The summed E-state index contributed by atoms with van der Waals surface area (Å²) in [7, 11) is 0. The molecular weight excluding hydrogens is 278 g/mol. The van der Waals surface area contributed by atoms with Gasteiger partial charge in [0.05, 0.1) is 17.7 Å². The predicted octanol–water partition coefficient (Wildman–Crippen LogP) is 3.78. The Labute approximate surface area is 129 Å². The molecule has 108 valence electrons. The van der Waals surface area contributed by atoms with Gasteiger partial charge in [-0.25, -0.2) is 0 Å². The van der Waals surface area contributed by atoms with Gasteiger partial charge in [0.1, 0.15) is 0 Å². The number of rotatable bonds is 5. The Balaban J connectivity index is 2.11. The molecule has 0 atom stereocenters. The smallest absolute Gasteiger partial charge is 0.0723 e. The van der Waals surface area contributed by atoms with Gasteiger partial charge in [-0.3, -0.25) is 4.98 Å². The topological polar surface area (TPSA) is 42.1 Å². The van der Waals surface area contributed by atoms with E-state index >= 15 is 0 Å². The Morgan fingerprint density at radius 3 is 2.76 bits per heavy atom. The number of hydrogen-bond donors (Lipinski definition) is 1. The molecule has 2 N–H and O–H groups in total. The fraction of sp³-hybridized carbons (Fsp3) is 0.235. The quantitative estimate of drug-likeness (QED) is 0.779. The fourth-order valence-electron chi connectivity index (χ4n) is 2.63. The largest absolute Gasteiger partial charge is 0.366 e. The Hall–Kier alpha value is -1.91. The van der Waals surface area contributed by atoms with Crippen molar-refractivity contribution < 1.29 is 0 Å². The number of benzene rings is 1. The van der Waals surface area contributed by atoms with Gasteiger partial charge in [0.15, 0.2) is 0 Å². The number of nitrogens with zero attached hydrogens (tertiary/aromatic N) is 2. The van der Waals surface area contributed by atoms with Crippen molar-refractivity contribution in [3.63, 3.8) is 0 Å². The van der Waals surface area contributed by atoms with Crippen LogP contribution in [0.25, 0.3) is 10.9 Å². The molecule has 3 rings (SSSR count). The van der Waals surface area contributed by atoms with Gasteiger partial charge in [-0.2, -0.15) is 0 Å². The zero-order valence-electron chi connectivity index (χ0n) is 12.1. The highest BCUT2D eigenvalue weighted by Crippen LogP contribution is 2.31. The van der Waals surface area contributed by atoms with E-state index in [1.165, 1.54) is 16.0 Å². The van der Waals surface area contributed by atoms with Crippen molar-refractivity contribution in [2.45, 2.75) is 20.0 Å². The van der Waals surface area contributed by atoms with Crippen LogP contribution in [-0.2, 0) is 13.1 Å². The van der Waals surface area contributed by atoms with Gasteiger partial charge in [0.2, 0.25) is 0 Å². The lowest BCUT2D eigenvalue weighted by Gasteiger charge is -2.26. The Bertz CT molecular complexity index is 722. The SMILES string of the molecule is CCN(Cc1cccs1)c1c(CN)cnc2ccccc12. The van der Waals surface area contributed by atoms with E-state index in [4.69, 9.17) is 5.73 Å². The summed E-state index contributed by atoms with van der Waals surface area (Å²) in [5, 5.41) is 3.30. The third-order valence-corrected chi connectivity index (χ3v) is 4.53. The molecule has 0 unspecified atom stereocenters. The molecule has 3 aromatic rings. The number of para-hydroxylation sites is 1. The van der Waals surface area contributed by atoms with E-state index in [9.17, 15) is 0 Å². The van der Waals surface area contributed by atoms with E-state index in [0.29, 0.717) is 6.54 Å². The zero-order chi connectivity index (χ0) is 14.7. The van der Waals surface area contributed by atoms with Crippen molar-refractivity contribution in [2.75, 3.05) is 11.4 Å². The Morgan fingerprint density at radius 2 is 2.05 bits per heavy atom. The van der Waals surface area contributed by atoms with Crippen LogP contribution in [0.1, 0.15) is 17.4 Å². The maximum Gasteiger partial charge on any atom is 0.0723 e. The van der Waals surface area contributed by atoms with Crippen LogP contribution in [0, 0.1) is 0 Å². The summed E-state index contributed by atoms with van der Waals surface area (Å²) in [5.41, 5.74) is 9.29. The Kier molecular flexibility index (Phi) is 4.18. The van der Waals surface area contributed by atoms with E-state index in [1.54, 1.807) is 11.3 Å². The molecule has 0 saturated heterocycles. The number of hydrogen-bond acceptors (Lipinski definition) is 4. The third-order valence-electron chi connectivity index (χ3n) is 3.67. The van der Waals surface area contributed by atoms with Crippen LogP contribution in [-0.4, -0.2) is 11.5 Å². The molecule has 0 spiro atoms. The lowest BCUT2D eigenvalue weighted by atomic mass is 10.1. The average Bonchev–Trinajstić information content (AvgIpc) is 3.04. The first-order chi connectivity index (χ1) is 10.3. The number of nitrogens with two attached hydrogens (primary N) is 1. The molecule has 0 radical (unpaired) electrons. The third kappa shape index (κ3) is 2.77. The molecule has 0 bridgehead atoms. The number of fused-ring (bicyclic) bond motifs is 1. The minimum absolute atomic E-state index is 0.508. The summed E-state index contributed by atoms with van der Waals surface area (Å²) in [5.74, 6) is 0. The molecule has 2 aromatic heterocycles. The molecule has 2 heterocycles. The second kappa shape index (κ2) is 6.24.